The first kappa shape index (κ1) is 95.7. The number of hydrogen-bond acceptors (Lipinski definition) is 22. The molecule has 0 aromatic carbocycles. The molecule has 6 unspecified atom stereocenters. The van der Waals surface area contributed by atoms with E-state index in [1.165, 1.54) is 0 Å². The number of carbonyl (C=O) groups is 16. The monoisotopic (exact) mass is 1480 g/mol. The van der Waals surface area contributed by atoms with Gasteiger partial charge in [-0.05, 0) is 202 Å². The third-order valence-electron chi connectivity index (χ3n) is 14.2. The highest BCUT2D eigenvalue weighted by Crippen LogP contribution is 2.19. The second kappa shape index (κ2) is 48.0. The Morgan fingerprint density at radius 3 is 0.885 bits per heavy atom. The summed E-state index contributed by atoms with van der Waals surface area (Å²) in [7, 11) is 0. The Labute approximate surface area is 614 Å². The van der Waals surface area contributed by atoms with Crippen molar-refractivity contribution >= 4 is 95.8 Å². The standard InChI is InChI=1S/C73H125N9O22/c1-68(2,3)99-60(91)40-34-51(65(96)102-71(10,11)12)79-56(87)28-22-19-25-43-74-54(85)37-31-48(46-83)78-59(90)39-32-49(77-47-84)64(95)82-50(63(94)76-45-27-21-24-30-58(89)81-53(67(98)104-73(16,17)18)36-42-62(93)101-70(7,8)9)33-38-55(86)75-44-26-20-23-29-57(88)80-52(66(97)103-72(13,14)15)35-41-61(92)100-69(4,5)6/h46-53H,19-45H2,1-18H3,(H,74,85)(H,75,86)(H,76,94)(H,77,84)(H,78,90)(H,79,87)(H,80,88)(H,81,89)(H,82,95). The lowest BCUT2D eigenvalue weighted by atomic mass is 10.1. The first-order valence-corrected chi connectivity index (χ1v) is 36.3. The van der Waals surface area contributed by atoms with Gasteiger partial charge in [0, 0.05) is 77.4 Å². The molecule has 0 heterocycles. The number of amides is 9. The molecule has 0 saturated heterocycles. The maximum Gasteiger partial charge on any atom is 0.329 e. The van der Waals surface area contributed by atoms with E-state index in [4.69, 9.17) is 28.4 Å². The number of nitrogens with one attached hydrogen (secondary N) is 9. The molecule has 0 rings (SSSR count). The van der Waals surface area contributed by atoms with Crippen LogP contribution >= 0.6 is 0 Å². The lowest BCUT2D eigenvalue weighted by Gasteiger charge is -2.25. The number of ether oxygens (including phenoxy) is 6. The van der Waals surface area contributed by atoms with E-state index in [0.29, 0.717) is 64.1 Å². The summed E-state index contributed by atoms with van der Waals surface area (Å²) < 4.78 is 32.5. The molecular weight excluding hydrogens is 1350 g/mol. The molecule has 0 fully saturated rings. The smallest absolute Gasteiger partial charge is 0.329 e. The van der Waals surface area contributed by atoms with Crippen molar-refractivity contribution in [2.75, 3.05) is 19.6 Å². The zero-order chi connectivity index (χ0) is 79.7. The van der Waals surface area contributed by atoms with Crippen LogP contribution in [0, 0.1) is 0 Å². The molecule has 0 radical (unpaired) electrons. The van der Waals surface area contributed by atoms with E-state index in [9.17, 15) is 76.7 Å². The van der Waals surface area contributed by atoms with Crippen molar-refractivity contribution in [1.29, 1.82) is 0 Å². The van der Waals surface area contributed by atoms with Gasteiger partial charge < -0.3 is 81.1 Å². The molecule has 6 atom stereocenters. The van der Waals surface area contributed by atoms with Crippen molar-refractivity contribution in [2.45, 2.75) is 349 Å². The Bertz CT molecular complexity index is 2810. The molecule has 594 valence electrons. The topological polar surface area (TPSA) is 437 Å². The fraction of sp³-hybridized carbons (Fsp3) is 0.781. The van der Waals surface area contributed by atoms with Crippen LogP contribution < -0.4 is 47.9 Å². The molecule has 0 saturated carbocycles. The van der Waals surface area contributed by atoms with Gasteiger partial charge in [-0.2, -0.15) is 0 Å². The third-order valence-corrected chi connectivity index (χ3v) is 14.2. The van der Waals surface area contributed by atoms with Crippen molar-refractivity contribution in [2.24, 2.45) is 0 Å². The molecule has 0 aromatic heterocycles. The van der Waals surface area contributed by atoms with E-state index in [1.54, 1.807) is 125 Å². The minimum absolute atomic E-state index is 0.0194. The summed E-state index contributed by atoms with van der Waals surface area (Å²) in [5.74, 6) is -8.29. The van der Waals surface area contributed by atoms with E-state index in [-0.39, 0.29) is 116 Å². The van der Waals surface area contributed by atoms with E-state index in [2.05, 4.69) is 47.9 Å². The summed E-state index contributed by atoms with van der Waals surface area (Å²) in [5, 5.41) is 23.6. The first-order valence-electron chi connectivity index (χ1n) is 36.3. The molecule has 104 heavy (non-hydrogen) atoms. The maximum absolute atomic E-state index is 13.8. The van der Waals surface area contributed by atoms with Crippen LogP contribution in [0.15, 0.2) is 0 Å². The Morgan fingerprint density at radius 1 is 0.279 bits per heavy atom. The molecule has 0 bridgehead atoms. The molecule has 0 aliphatic carbocycles. The van der Waals surface area contributed by atoms with Gasteiger partial charge in [0.05, 0.1) is 6.04 Å². The average Bonchev–Trinajstić information content (AvgIpc) is 0.897. The second-order valence-electron chi connectivity index (χ2n) is 31.6. The van der Waals surface area contributed by atoms with Gasteiger partial charge in [-0.25, -0.2) is 14.4 Å². The lowest BCUT2D eigenvalue weighted by molar-refractivity contribution is -0.161. The maximum atomic E-state index is 13.8. The molecule has 31 heteroatoms. The highest BCUT2D eigenvalue weighted by molar-refractivity contribution is 5.92. The predicted octanol–water partition coefficient (Wildman–Crippen LogP) is 5.49. The summed E-state index contributed by atoms with van der Waals surface area (Å²) in [6.45, 7) is 30.9. The van der Waals surface area contributed by atoms with Crippen LogP contribution in [0.25, 0.3) is 0 Å². The molecule has 0 aliphatic rings. The average molecular weight is 1480 g/mol. The van der Waals surface area contributed by atoms with Gasteiger partial charge in [0.2, 0.25) is 53.7 Å². The van der Waals surface area contributed by atoms with Gasteiger partial charge in [-0.1, -0.05) is 19.3 Å². The molecule has 9 amide bonds. The van der Waals surface area contributed by atoms with Crippen LogP contribution in [-0.2, 0) is 105 Å². The van der Waals surface area contributed by atoms with Crippen LogP contribution in [0.5, 0.6) is 0 Å². The minimum Gasteiger partial charge on any atom is -0.460 e. The summed E-state index contributed by atoms with van der Waals surface area (Å²) in [4.78, 5) is 206. The summed E-state index contributed by atoms with van der Waals surface area (Å²) in [6, 6.07) is -7.16. The Hall–Kier alpha value is -8.28. The summed E-state index contributed by atoms with van der Waals surface area (Å²) in [6.07, 6.45) is 2.49. The zero-order valence-electron chi connectivity index (χ0n) is 65.2. The van der Waals surface area contributed by atoms with Gasteiger partial charge in [0.1, 0.15) is 70.1 Å². The predicted molar refractivity (Wildman–Crippen MR) is 384 cm³/mol. The van der Waals surface area contributed by atoms with Crippen LogP contribution in [0.1, 0.15) is 279 Å². The highest BCUT2D eigenvalue weighted by Gasteiger charge is 2.33. The number of esters is 6. The Kier molecular flexibility index (Phi) is 44.1. The Balaban J connectivity index is 5.80. The number of hydrogen-bond donors (Lipinski definition) is 9. The summed E-state index contributed by atoms with van der Waals surface area (Å²) >= 11 is 0. The molecule has 9 N–H and O–H groups in total. The van der Waals surface area contributed by atoms with E-state index >= 15 is 0 Å². The van der Waals surface area contributed by atoms with E-state index in [0.717, 1.165) is 0 Å². The quantitative estimate of drug-likeness (QED) is 0.0157. The van der Waals surface area contributed by atoms with Crippen LogP contribution in [0.2, 0.25) is 0 Å². The number of rotatable bonds is 49. The molecule has 0 aromatic rings. The number of aldehydes is 1. The lowest BCUT2D eigenvalue weighted by Crippen LogP contribution is -2.53. The zero-order valence-corrected chi connectivity index (χ0v) is 65.2. The first-order chi connectivity index (χ1) is 48.0. The van der Waals surface area contributed by atoms with Gasteiger partial charge in [0.15, 0.2) is 0 Å². The molecular formula is C73H125N9O22. The van der Waals surface area contributed by atoms with Gasteiger partial charge in [0.25, 0.3) is 0 Å². The van der Waals surface area contributed by atoms with Crippen LogP contribution in [0.4, 0.5) is 0 Å². The SMILES string of the molecule is CC(C)(C)OC(=O)CCC(NC(=O)CCCCCNC(=O)CCC(C=O)NC(=O)CCC(NC=O)C(=O)NC(CCC(=O)NCCCCCC(=O)NC(CCC(=O)OC(C)(C)C)C(=O)OC(C)(C)C)C(=O)NCCCCCC(=O)NC(CCC(=O)OC(C)(C)C)C(=O)OC(C)(C)C)C(=O)OC(C)(C)C. The Morgan fingerprint density at radius 2 is 0.567 bits per heavy atom. The van der Waals surface area contributed by atoms with E-state index < -0.39 is 159 Å². The third kappa shape index (κ3) is 52.6. The van der Waals surface area contributed by atoms with Crippen molar-refractivity contribution < 1.29 is 105 Å². The fourth-order valence-electron chi connectivity index (χ4n) is 9.56. The number of carbonyl (C=O) groups excluding carboxylic acids is 16. The minimum atomic E-state index is -1.39. The normalized spacial score (nSPS) is 13.6. The van der Waals surface area contributed by atoms with Crippen molar-refractivity contribution in [1.82, 2.24) is 47.9 Å². The van der Waals surface area contributed by atoms with E-state index in [1.807, 2.05) is 0 Å². The van der Waals surface area contributed by atoms with Gasteiger partial charge in [-0.3, -0.25) is 57.5 Å². The van der Waals surface area contributed by atoms with Crippen LogP contribution in [0.3, 0.4) is 0 Å². The van der Waals surface area contributed by atoms with Crippen molar-refractivity contribution in [3.05, 3.63) is 0 Å². The van der Waals surface area contributed by atoms with Crippen molar-refractivity contribution in [3.63, 3.8) is 0 Å². The number of unbranched alkanes of at least 4 members (excludes halogenated alkanes) is 6. The highest BCUT2D eigenvalue weighted by atomic mass is 16.6. The molecule has 0 aliphatic heterocycles. The van der Waals surface area contributed by atoms with Gasteiger partial charge in [-0.15, -0.1) is 0 Å². The molecule has 0 spiro atoms. The van der Waals surface area contributed by atoms with Crippen LogP contribution in [-0.4, -0.2) is 185 Å². The summed E-state index contributed by atoms with van der Waals surface area (Å²) in [5.41, 5.74) is -4.80. The van der Waals surface area contributed by atoms with Crippen molar-refractivity contribution in [3.8, 4) is 0 Å². The largest absolute Gasteiger partial charge is 0.460 e. The fourth-order valence-corrected chi connectivity index (χ4v) is 9.56. The second-order valence-corrected chi connectivity index (χ2v) is 31.6. The molecule has 31 nitrogen and oxygen atoms in total. The van der Waals surface area contributed by atoms with Gasteiger partial charge >= 0.3 is 35.8 Å².